The monoisotopic (exact) mass is 307 g/mol. The van der Waals surface area contributed by atoms with E-state index in [2.05, 4.69) is 30.2 Å². The maximum atomic E-state index is 12.7. The molecule has 0 amide bonds. The Morgan fingerprint density at radius 1 is 1.36 bits per heavy atom. The summed E-state index contributed by atoms with van der Waals surface area (Å²) in [6, 6.07) is 6.07. The lowest BCUT2D eigenvalue weighted by Gasteiger charge is -2.16. The Labute approximate surface area is 128 Å². The van der Waals surface area contributed by atoms with Crippen LogP contribution in [0.4, 0.5) is 8.78 Å². The third-order valence-corrected chi connectivity index (χ3v) is 3.70. The fraction of sp³-hybridized carbons (Fsp3) is 0.438. The van der Waals surface area contributed by atoms with Crippen molar-refractivity contribution in [2.75, 3.05) is 0 Å². The zero-order valence-corrected chi connectivity index (χ0v) is 12.6. The van der Waals surface area contributed by atoms with Gasteiger partial charge in [-0.3, -0.25) is 4.57 Å². The van der Waals surface area contributed by atoms with Gasteiger partial charge in [0.2, 0.25) is 0 Å². The van der Waals surface area contributed by atoms with Crippen LogP contribution in [0.15, 0.2) is 30.6 Å². The Hall–Kier alpha value is -1.95. The van der Waals surface area contributed by atoms with Gasteiger partial charge in [-0.2, -0.15) is 8.78 Å². The van der Waals surface area contributed by atoms with Crippen LogP contribution in [0.5, 0.6) is 5.75 Å². The van der Waals surface area contributed by atoms with Crippen molar-refractivity contribution in [1.29, 1.82) is 0 Å². The first kappa shape index (κ1) is 15.0. The molecule has 1 aromatic heterocycles. The highest BCUT2D eigenvalue weighted by Gasteiger charge is 2.29. The number of nitrogens with zero attached hydrogens (tertiary/aromatic N) is 2. The number of hydrogen-bond acceptors (Lipinski definition) is 3. The number of rotatable bonds is 5. The molecule has 1 aliphatic rings. The van der Waals surface area contributed by atoms with Crippen LogP contribution in [0.3, 0.4) is 0 Å². The third-order valence-electron chi connectivity index (χ3n) is 3.70. The Balaban J connectivity index is 1.60. The lowest BCUT2D eigenvalue weighted by molar-refractivity contribution is 0.0666. The van der Waals surface area contributed by atoms with Gasteiger partial charge in [0, 0.05) is 25.4 Å². The minimum atomic E-state index is -2.56. The topological polar surface area (TPSA) is 39.1 Å². The summed E-state index contributed by atoms with van der Waals surface area (Å²) in [6.07, 6.45) is 3.56. The van der Waals surface area contributed by atoms with Crippen molar-refractivity contribution in [1.82, 2.24) is 14.9 Å². The molecule has 0 saturated carbocycles. The van der Waals surface area contributed by atoms with Gasteiger partial charge >= 0.3 is 6.55 Å². The van der Waals surface area contributed by atoms with E-state index in [4.69, 9.17) is 4.74 Å². The minimum Gasteiger partial charge on any atom is -0.487 e. The highest BCUT2D eigenvalue weighted by Crippen LogP contribution is 2.35. The molecule has 0 atom stereocenters. The van der Waals surface area contributed by atoms with E-state index in [1.54, 1.807) is 0 Å². The van der Waals surface area contributed by atoms with Crippen molar-refractivity contribution in [2.45, 2.75) is 45.5 Å². The Morgan fingerprint density at radius 2 is 2.18 bits per heavy atom. The number of alkyl halides is 2. The van der Waals surface area contributed by atoms with E-state index in [-0.39, 0.29) is 5.60 Å². The molecule has 0 aliphatic carbocycles. The van der Waals surface area contributed by atoms with Gasteiger partial charge in [-0.15, -0.1) is 0 Å². The standard InChI is InChI=1S/C16H19F2N3O/c1-16(2)8-12-7-11(3-4-13(12)22-16)9-19-10-14-20-5-6-21(14)15(17)18/h3-7,15,19H,8-10H2,1-2H3. The van der Waals surface area contributed by atoms with Gasteiger partial charge in [0.15, 0.2) is 0 Å². The largest absolute Gasteiger partial charge is 0.487 e. The molecular formula is C16H19F2N3O. The molecule has 118 valence electrons. The van der Waals surface area contributed by atoms with Gasteiger partial charge in [0.25, 0.3) is 0 Å². The summed E-state index contributed by atoms with van der Waals surface area (Å²) in [6.45, 7) is 2.48. The predicted octanol–water partition coefficient (Wildman–Crippen LogP) is 3.28. The van der Waals surface area contributed by atoms with Gasteiger partial charge in [0.05, 0.1) is 6.54 Å². The van der Waals surface area contributed by atoms with E-state index >= 15 is 0 Å². The van der Waals surface area contributed by atoms with E-state index < -0.39 is 6.55 Å². The van der Waals surface area contributed by atoms with E-state index in [1.165, 1.54) is 18.0 Å². The number of halogens is 2. The second kappa shape index (κ2) is 5.68. The van der Waals surface area contributed by atoms with Crippen LogP contribution in [-0.2, 0) is 19.5 Å². The highest BCUT2D eigenvalue weighted by molar-refractivity contribution is 5.41. The van der Waals surface area contributed by atoms with Crippen molar-refractivity contribution in [2.24, 2.45) is 0 Å². The third kappa shape index (κ3) is 3.11. The summed E-state index contributed by atoms with van der Waals surface area (Å²) in [5.74, 6) is 1.27. The maximum absolute atomic E-state index is 12.7. The first-order chi connectivity index (χ1) is 10.4. The second-order valence-corrected chi connectivity index (χ2v) is 6.11. The molecule has 1 aromatic carbocycles. The fourth-order valence-corrected chi connectivity index (χ4v) is 2.75. The maximum Gasteiger partial charge on any atom is 0.319 e. The Kier molecular flexibility index (Phi) is 3.87. The van der Waals surface area contributed by atoms with Gasteiger partial charge in [-0.05, 0) is 31.0 Å². The van der Waals surface area contributed by atoms with E-state index in [0.29, 0.717) is 18.9 Å². The predicted molar refractivity (Wildman–Crippen MR) is 78.9 cm³/mol. The number of benzene rings is 1. The molecule has 0 unspecified atom stereocenters. The molecule has 3 rings (SSSR count). The molecule has 0 spiro atoms. The molecule has 2 heterocycles. The van der Waals surface area contributed by atoms with Crippen LogP contribution in [-0.4, -0.2) is 15.2 Å². The van der Waals surface area contributed by atoms with Crippen molar-refractivity contribution < 1.29 is 13.5 Å². The molecule has 0 saturated heterocycles. The summed E-state index contributed by atoms with van der Waals surface area (Å²) < 4.78 is 32.1. The van der Waals surface area contributed by atoms with E-state index in [9.17, 15) is 8.78 Å². The first-order valence-corrected chi connectivity index (χ1v) is 7.26. The van der Waals surface area contributed by atoms with Crippen molar-refractivity contribution in [3.05, 3.63) is 47.5 Å². The fourth-order valence-electron chi connectivity index (χ4n) is 2.75. The van der Waals surface area contributed by atoms with Gasteiger partial charge < -0.3 is 10.1 Å². The summed E-state index contributed by atoms with van der Waals surface area (Å²) in [4.78, 5) is 3.95. The zero-order valence-electron chi connectivity index (χ0n) is 12.6. The lowest BCUT2D eigenvalue weighted by atomic mass is 10.0. The highest BCUT2D eigenvalue weighted by atomic mass is 19.3. The van der Waals surface area contributed by atoms with Crippen LogP contribution in [0, 0.1) is 0 Å². The summed E-state index contributed by atoms with van der Waals surface area (Å²) in [5, 5.41) is 3.15. The van der Waals surface area contributed by atoms with Crippen molar-refractivity contribution >= 4 is 0 Å². The minimum absolute atomic E-state index is 0.156. The molecule has 22 heavy (non-hydrogen) atoms. The molecule has 0 bridgehead atoms. The number of hydrogen-bond donors (Lipinski definition) is 1. The van der Waals surface area contributed by atoms with Crippen LogP contribution >= 0.6 is 0 Å². The molecule has 1 N–H and O–H groups in total. The lowest BCUT2D eigenvalue weighted by Crippen LogP contribution is -2.24. The SMILES string of the molecule is CC1(C)Cc2cc(CNCc3nccn3C(F)F)ccc2O1. The normalized spacial score (nSPS) is 15.9. The average molecular weight is 307 g/mol. The summed E-state index contributed by atoms with van der Waals surface area (Å²) in [7, 11) is 0. The molecular weight excluding hydrogens is 288 g/mol. The van der Waals surface area contributed by atoms with Gasteiger partial charge in [-0.1, -0.05) is 12.1 Å². The van der Waals surface area contributed by atoms with E-state index in [0.717, 1.165) is 22.3 Å². The van der Waals surface area contributed by atoms with Crippen LogP contribution in [0.25, 0.3) is 0 Å². The average Bonchev–Trinajstić information content (AvgIpc) is 3.00. The molecule has 1 aliphatic heterocycles. The number of nitrogens with one attached hydrogen (secondary N) is 1. The molecule has 0 radical (unpaired) electrons. The quantitative estimate of drug-likeness (QED) is 0.921. The second-order valence-electron chi connectivity index (χ2n) is 6.11. The number of fused-ring (bicyclic) bond motifs is 1. The number of aromatic nitrogens is 2. The number of imidazole rings is 1. The van der Waals surface area contributed by atoms with Crippen molar-refractivity contribution in [3.63, 3.8) is 0 Å². The van der Waals surface area contributed by atoms with Gasteiger partial charge in [-0.25, -0.2) is 4.98 Å². The molecule has 6 heteroatoms. The Morgan fingerprint density at radius 3 is 2.95 bits per heavy atom. The number of ether oxygens (including phenoxy) is 1. The van der Waals surface area contributed by atoms with Crippen LogP contribution in [0.1, 0.15) is 37.3 Å². The van der Waals surface area contributed by atoms with Crippen molar-refractivity contribution in [3.8, 4) is 5.75 Å². The molecule has 0 fully saturated rings. The first-order valence-electron chi connectivity index (χ1n) is 7.26. The Bertz CT molecular complexity index is 667. The van der Waals surface area contributed by atoms with E-state index in [1.807, 2.05) is 12.1 Å². The molecule has 2 aromatic rings. The zero-order chi connectivity index (χ0) is 15.7. The summed E-state index contributed by atoms with van der Waals surface area (Å²) in [5.41, 5.74) is 2.14. The smallest absolute Gasteiger partial charge is 0.319 e. The van der Waals surface area contributed by atoms with Crippen LogP contribution < -0.4 is 10.1 Å². The van der Waals surface area contributed by atoms with Gasteiger partial charge in [0.1, 0.15) is 17.2 Å². The van der Waals surface area contributed by atoms with Crippen LogP contribution in [0.2, 0.25) is 0 Å². The molecule has 4 nitrogen and oxygen atoms in total. The summed E-state index contributed by atoms with van der Waals surface area (Å²) >= 11 is 0.